The van der Waals surface area contributed by atoms with Crippen LogP contribution in [0.25, 0.3) is 0 Å². The molecule has 19 heavy (non-hydrogen) atoms. The molecule has 0 aliphatic rings. The molecule has 5 nitrogen and oxygen atoms in total. The molecule has 106 valence electrons. The van der Waals surface area contributed by atoms with Gasteiger partial charge in [-0.05, 0) is 26.0 Å². The van der Waals surface area contributed by atoms with Crippen molar-refractivity contribution in [3.05, 3.63) is 18.3 Å². The first-order valence-corrected chi connectivity index (χ1v) is 8.23. The van der Waals surface area contributed by atoms with Gasteiger partial charge >= 0.3 is 0 Å². The highest BCUT2D eigenvalue weighted by Gasteiger charge is 2.21. The SMILES string of the molecule is CC(C)N(CCC(N)=S)c1ncccc1S(C)(=O)=O. The molecule has 0 bridgehead atoms. The van der Waals surface area contributed by atoms with E-state index in [1.165, 1.54) is 6.26 Å². The molecule has 0 aromatic carbocycles. The summed E-state index contributed by atoms with van der Waals surface area (Å²) in [6.45, 7) is 4.49. The second-order valence-electron chi connectivity index (χ2n) is 4.60. The zero-order valence-corrected chi connectivity index (χ0v) is 13.0. The molecule has 0 amide bonds. The van der Waals surface area contributed by atoms with Crippen molar-refractivity contribution < 1.29 is 8.42 Å². The number of anilines is 1. The Morgan fingerprint density at radius 2 is 2.16 bits per heavy atom. The Morgan fingerprint density at radius 3 is 2.63 bits per heavy atom. The molecule has 0 atom stereocenters. The van der Waals surface area contributed by atoms with Gasteiger partial charge in [0.15, 0.2) is 9.84 Å². The Labute approximate surface area is 119 Å². The molecule has 0 radical (unpaired) electrons. The minimum Gasteiger partial charge on any atom is -0.393 e. The lowest BCUT2D eigenvalue weighted by Crippen LogP contribution is -2.35. The molecule has 0 aliphatic carbocycles. The number of pyridine rings is 1. The predicted octanol–water partition coefficient (Wildman–Crippen LogP) is 1.38. The summed E-state index contributed by atoms with van der Waals surface area (Å²) in [6.07, 6.45) is 3.28. The monoisotopic (exact) mass is 301 g/mol. The normalized spacial score (nSPS) is 11.6. The van der Waals surface area contributed by atoms with Crippen LogP contribution in [0.15, 0.2) is 23.2 Å². The minimum absolute atomic E-state index is 0.102. The highest BCUT2D eigenvalue weighted by atomic mass is 32.2. The molecule has 0 unspecified atom stereocenters. The molecule has 7 heteroatoms. The van der Waals surface area contributed by atoms with Gasteiger partial charge in [-0.15, -0.1) is 0 Å². The van der Waals surface area contributed by atoms with Gasteiger partial charge in [0.05, 0.1) is 4.99 Å². The van der Waals surface area contributed by atoms with E-state index in [0.717, 1.165) is 0 Å². The third-order valence-corrected chi connectivity index (χ3v) is 3.97. The summed E-state index contributed by atoms with van der Waals surface area (Å²) in [4.78, 5) is 6.74. The lowest BCUT2D eigenvalue weighted by molar-refractivity contribution is 0.599. The Balaban J connectivity index is 3.20. The van der Waals surface area contributed by atoms with Gasteiger partial charge in [0.1, 0.15) is 10.7 Å². The van der Waals surface area contributed by atoms with Crippen LogP contribution in [0.5, 0.6) is 0 Å². The molecule has 1 rings (SSSR count). The molecular formula is C12H19N3O2S2. The molecule has 0 aliphatic heterocycles. The van der Waals surface area contributed by atoms with Gasteiger partial charge in [-0.3, -0.25) is 0 Å². The number of sulfone groups is 1. The molecule has 2 N–H and O–H groups in total. The minimum atomic E-state index is -3.32. The highest BCUT2D eigenvalue weighted by Crippen LogP contribution is 2.24. The highest BCUT2D eigenvalue weighted by molar-refractivity contribution is 7.90. The average Bonchev–Trinajstić information content (AvgIpc) is 2.27. The molecule has 0 fully saturated rings. The number of nitrogens with zero attached hydrogens (tertiary/aromatic N) is 2. The van der Waals surface area contributed by atoms with E-state index in [-0.39, 0.29) is 10.9 Å². The molecule has 1 heterocycles. The molecule has 1 aromatic rings. The van der Waals surface area contributed by atoms with Crippen LogP contribution in [-0.2, 0) is 9.84 Å². The Kier molecular flexibility index (Phi) is 5.25. The van der Waals surface area contributed by atoms with Crippen LogP contribution in [0.1, 0.15) is 20.3 Å². The van der Waals surface area contributed by atoms with Gasteiger partial charge in [0.25, 0.3) is 0 Å². The van der Waals surface area contributed by atoms with E-state index in [1.807, 2.05) is 18.7 Å². The van der Waals surface area contributed by atoms with E-state index in [2.05, 4.69) is 4.98 Å². The van der Waals surface area contributed by atoms with Gasteiger partial charge < -0.3 is 10.6 Å². The lowest BCUT2D eigenvalue weighted by atomic mass is 10.2. The first kappa shape index (κ1) is 15.8. The number of hydrogen-bond donors (Lipinski definition) is 1. The number of nitrogens with two attached hydrogens (primary N) is 1. The Hall–Kier alpha value is -1.21. The van der Waals surface area contributed by atoms with Crippen LogP contribution >= 0.6 is 12.2 Å². The number of thiocarbonyl (C=S) groups is 1. The van der Waals surface area contributed by atoms with E-state index in [0.29, 0.717) is 23.8 Å². The standard InChI is InChI=1S/C12H19N3O2S2/c1-9(2)15(8-6-11(13)18)12-10(19(3,16)17)5-4-7-14-12/h4-5,7,9H,6,8H2,1-3H3,(H2,13,18). The van der Waals surface area contributed by atoms with Crippen LogP contribution in [-0.4, -0.2) is 37.2 Å². The summed E-state index contributed by atoms with van der Waals surface area (Å²) in [5.41, 5.74) is 5.51. The van der Waals surface area contributed by atoms with Gasteiger partial charge in [-0.1, -0.05) is 12.2 Å². The van der Waals surface area contributed by atoms with Gasteiger partial charge in [0, 0.05) is 31.5 Å². The summed E-state index contributed by atoms with van der Waals surface area (Å²) in [5.74, 6) is 0.455. The molecule has 0 saturated carbocycles. The van der Waals surface area contributed by atoms with Crippen LogP contribution in [0, 0.1) is 0 Å². The molecule has 1 aromatic heterocycles. The fraction of sp³-hybridized carbons (Fsp3) is 0.500. The first-order valence-electron chi connectivity index (χ1n) is 5.93. The van der Waals surface area contributed by atoms with E-state index in [1.54, 1.807) is 18.3 Å². The molecule has 0 spiro atoms. The third-order valence-electron chi connectivity index (χ3n) is 2.64. The van der Waals surface area contributed by atoms with Crippen molar-refractivity contribution in [2.75, 3.05) is 17.7 Å². The van der Waals surface area contributed by atoms with E-state index in [9.17, 15) is 8.42 Å². The molecular weight excluding hydrogens is 282 g/mol. The maximum absolute atomic E-state index is 11.8. The zero-order valence-electron chi connectivity index (χ0n) is 11.3. The summed E-state index contributed by atoms with van der Waals surface area (Å²) in [5, 5.41) is 0. The summed E-state index contributed by atoms with van der Waals surface area (Å²) < 4.78 is 23.6. The maximum Gasteiger partial charge on any atom is 0.179 e. The average molecular weight is 301 g/mol. The maximum atomic E-state index is 11.8. The van der Waals surface area contributed by atoms with Crippen molar-refractivity contribution in [1.29, 1.82) is 0 Å². The third kappa shape index (κ3) is 4.43. The van der Waals surface area contributed by atoms with E-state index >= 15 is 0 Å². The van der Waals surface area contributed by atoms with Crippen LogP contribution in [0.3, 0.4) is 0 Å². The van der Waals surface area contributed by atoms with Crippen molar-refractivity contribution in [1.82, 2.24) is 4.98 Å². The predicted molar refractivity (Wildman–Crippen MR) is 81.2 cm³/mol. The fourth-order valence-corrected chi connectivity index (χ4v) is 2.65. The number of rotatable bonds is 6. The van der Waals surface area contributed by atoms with Crippen LogP contribution < -0.4 is 10.6 Å². The number of hydrogen-bond acceptors (Lipinski definition) is 5. The first-order chi connectivity index (χ1) is 8.73. The Bertz CT molecular complexity index is 556. The van der Waals surface area contributed by atoms with E-state index < -0.39 is 9.84 Å². The van der Waals surface area contributed by atoms with Crippen molar-refractivity contribution in [3.63, 3.8) is 0 Å². The molecule has 0 saturated heterocycles. The van der Waals surface area contributed by atoms with Gasteiger partial charge in [0.2, 0.25) is 0 Å². The topological polar surface area (TPSA) is 76.3 Å². The van der Waals surface area contributed by atoms with Crippen molar-refractivity contribution in [3.8, 4) is 0 Å². The summed E-state index contributed by atoms with van der Waals surface area (Å²) >= 11 is 4.87. The zero-order chi connectivity index (χ0) is 14.6. The van der Waals surface area contributed by atoms with Gasteiger partial charge in [-0.2, -0.15) is 0 Å². The van der Waals surface area contributed by atoms with Crippen LogP contribution in [0.2, 0.25) is 0 Å². The van der Waals surface area contributed by atoms with Crippen molar-refractivity contribution >= 4 is 32.9 Å². The number of aromatic nitrogens is 1. The second kappa shape index (κ2) is 6.29. The van der Waals surface area contributed by atoms with Crippen LogP contribution in [0.4, 0.5) is 5.82 Å². The summed E-state index contributed by atoms with van der Waals surface area (Å²) in [7, 11) is -3.32. The van der Waals surface area contributed by atoms with E-state index in [4.69, 9.17) is 18.0 Å². The Morgan fingerprint density at radius 1 is 1.53 bits per heavy atom. The second-order valence-corrected chi connectivity index (χ2v) is 7.11. The smallest absolute Gasteiger partial charge is 0.179 e. The van der Waals surface area contributed by atoms with Crippen molar-refractivity contribution in [2.45, 2.75) is 31.2 Å². The summed E-state index contributed by atoms with van der Waals surface area (Å²) in [6, 6.07) is 3.28. The van der Waals surface area contributed by atoms with Gasteiger partial charge in [-0.25, -0.2) is 13.4 Å². The lowest BCUT2D eigenvalue weighted by Gasteiger charge is -2.29. The quantitative estimate of drug-likeness (QED) is 0.800. The fourth-order valence-electron chi connectivity index (χ4n) is 1.73. The van der Waals surface area contributed by atoms with Crippen molar-refractivity contribution in [2.24, 2.45) is 5.73 Å². The largest absolute Gasteiger partial charge is 0.393 e.